The van der Waals surface area contributed by atoms with Gasteiger partial charge in [0.15, 0.2) is 0 Å². The maximum absolute atomic E-state index is 9.09. The van der Waals surface area contributed by atoms with Crippen LogP contribution in [0.4, 0.5) is 5.69 Å². The smallest absolute Gasteiger partial charge is 0.127 e. The van der Waals surface area contributed by atoms with Gasteiger partial charge in [-0.1, -0.05) is 29.8 Å². The van der Waals surface area contributed by atoms with Gasteiger partial charge in [0.05, 0.1) is 6.10 Å². The molecule has 2 atom stereocenters. The highest BCUT2D eigenvalue weighted by atomic mass is 35.5. The molecule has 1 aromatic carbocycles. The summed E-state index contributed by atoms with van der Waals surface area (Å²) in [5, 5.41) is 12.0. The Morgan fingerprint density at radius 3 is 2.42 bits per heavy atom. The van der Waals surface area contributed by atoms with Gasteiger partial charge in [-0.05, 0) is 19.1 Å². The molecule has 3 heteroatoms. The number of halogens is 1. The van der Waals surface area contributed by atoms with Crippen molar-refractivity contribution in [2.75, 3.05) is 5.32 Å². The Hall–Kier alpha value is -0.730. The molecule has 1 aromatic rings. The maximum atomic E-state index is 9.09. The van der Waals surface area contributed by atoms with E-state index >= 15 is 0 Å². The molecule has 2 unspecified atom stereocenters. The monoisotopic (exact) mass is 185 g/mol. The summed E-state index contributed by atoms with van der Waals surface area (Å²) in [7, 11) is 0. The van der Waals surface area contributed by atoms with Crippen LogP contribution < -0.4 is 5.32 Å². The third-order valence-electron chi connectivity index (χ3n) is 1.50. The zero-order chi connectivity index (χ0) is 8.97. The molecule has 0 amide bonds. The number of nitrogens with one attached hydrogen (secondary N) is 1. The molecule has 0 aliphatic carbocycles. The van der Waals surface area contributed by atoms with Gasteiger partial charge in [0.2, 0.25) is 0 Å². The van der Waals surface area contributed by atoms with E-state index in [0.717, 1.165) is 5.69 Å². The Labute approximate surface area is 77.2 Å². The van der Waals surface area contributed by atoms with Crippen molar-refractivity contribution in [2.24, 2.45) is 0 Å². The lowest BCUT2D eigenvalue weighted by Crippen LogP contribution is -2.25. The van der Waals surface area contributed by atoms with Crippen molar-refractivity contribution in [1.29, 1.82) is 0 Å². The predicted octanol–water partition coefficient (Wildman–Crippen LogP) is 2.04. The number of anilines is 1. The van der Waals surface area contributed by atoms with Crippen LogP contribution in [0.1, 0.15) is 6.92 Å². The lowest BCUT2D eigenvalue weighted by Gasteiger charge is -2.15. The molecule has 0 bridgehead atoms. The Kier molecular flexibility index (Phi) is 3.38. The molecule has 0 spiro atoms. The topological polar surface area (TPSA) is 32.3 Å². The van der Waals surface area contributed by atoms with Crippen LogP contribution in [0.5, 0.6) is 0 Å². The van der Waals surface area contributed by atoms with Crippen molar-refractivity contribution >= 4 is 17.3 Å². The number of benzene rings is 1. The molecule has 0 saturated carbocycles. The first-order chi connectivity index (χ1) is 5.70. The largest absolute Gasteiger partial charge is 0.390 e. The molecule has 2 N–H and O–H groups in total. The number of para-hydroxylation sites is 1. The predicted molar refractivity (Wildman–Crippen MR) is 51.4 cm³/mol. The summed E-state index contributed by atoms with van der Waals surface area (Å²) in [6.07, 6.45) is -0.563. The number of aliphatic hydroxyl groups excluding tert-OH is 1. The van der Waals surface area contributed by atoms with Crippen LogP contribution in [0.3, 0.4) is 0 Å². The zero-order valence-electron chi connectivity index (χ0n) is 6.87. The van der Waals surface area contributed by atoms with E-state index in [1.54, 1.807) is 6.92 Å². The van der Waals surface area contributed by atoms with Gasteiger partial charge in [0, 0.05) is 5.69 Å². The minimum atomic E-state index is -0.563. The van der Waals surface area contributed by atoms with E-state index in [9.17, 15) is 0 Å². The van der Waals surface area contributed by atoms with Gasteiger partial charge in [-0.3, -0.25) is 0 Å². The van der Waals surface area contributed by atoms with E-state index < -0.39 is 11.6 Å². The summed E-state index contributed by atoms with van der Waals surface area (Å²) >= 11 is 5.79. The van der Waals surface area contributed by atoms with Crippen LogP contribution in [0.25, 0.3) is 0 Å². The van der Waals surface area contributed by atoms with E-state index in [4.69, 9.17) is 16.7 Å². The van der Waals surface area contributed by atoms with Crippen LogP contribution in [-0.2, 0) is 0 Å². The van der Waals surface area contributed by atoms with Gasteiger partial charge in [-0.2, -0.15) is 0 Å². The highest BCUT2D eigenvalue weighted by molar-refractivity contribution is 6.22. The minimum Gasteiger partial charge on any atom is -0.390 e. The van der Waals surface area contributed by atoms with Gasteiger partial charge in [-0.15, -0.1) is 0 Å². The highest BCUT2D eigenvalue weighted by Crippen LogP contribution is 2.10. The van der Waals surface area contributed by atoms with E-state index in [-0.39, 0.29) is 0 Å². The number of alkyl halides is 1. The van der Waals surface area contributed by atoms with Gasteiger partial charge in [0.25, 0.3) is 0 Å². The highest BCUT2D eigenvalue weighted by Gasteiger charge is 2.09. The lowest BCUT2D eigenvalue weighted by molar-refractivity contribution is 0.196. The van der Waals surface area contributed by atoms with Crippen molar-refractivity contribution in [2.45, 2.75) is 18.5 Å². The number of aliphatic hydroxyl groups is 1. The van der Waals surface area contributed by atoms with Crippen molar-refractivity contribution in [3.63, 3.8) is 0 Å². The fourth-order valence-electron chi connectivity index (χ4n) is 0.814. The molecular weight excluding hydrogens is 174 g/mol. The van der Waals surface area contributed by atoms with E-state index in [1.807, 2.05) is 30.3 Å². The molecule has 0 aliphatic rings. The molecule has 0 radical (unpaired) electrons. The van der Waals surface area contributed by atoms with Gasteiger partial charge >= 0.3 is 0 Å². The van der Waals surface area contributed by atoms with E-state index in [1.165, 1.54) is 0 Å². The standard InChI is InChI=1S/C9H12ClNO/c1-7(12)9(10)11-8-5-3-2-4-6-8/h2-7,9,11-12H,1H3. The summed E-state index contributed by atoms with van der Waals surface area (Å²) in [6, 6.07) is 9.55. The molecule has 66 valence electrons. The first-order valence-corrected chi connectivity index (χ1v) is 4.27. The average molecular weight is 186 g/mol. The van der Waals surface area contributed by atoms with E-state index in [2.05, 4.69) is 5.32 Å². The fraction of sp³-hybridized carbons (Fsp3) is 0.333. The van der Waals surface area contributed by atoms with Crippen molar-refractivity contribution < 1.29 is 5.11 Å². The molecule has 12 heavy (non-hydrogen) atoms. The van der Waals surface area contributed by atoms with Crippen molar-refractivity contribution in [3.05, 3.63) is 30.3 Å². The molecule has 2 nitrogen and oxygen atoms in total. The molecule has 1 rings (SSSR count). The van der Waals surface area contributed by atoms with Gasteiger partial charge in [0.1, 0.15) is 5.50 Å². The molecular formula is C9H12ClNO. The first-order valence-electron chi connectivity index (χ1n) is 3.84. The van der Waals surface area contributed by atoms with Crippen LogP contribution in [0.2, 0.25) is 0 Å². The maximum Gasteiger partial charge on any atom is 0.127 e. The van der Waals surface area contributed by atoms with E-state index in [0.29, 0.717) is 0 Å². The number of hydrogen-bond acceptors (Lipinski definition) is 2. The third-order valence-corrected chi connectivity index (χ3v) is 1.98. The molecule has 0 fully saturated rings. The second kappa shape index (κ2) is 4.33. The number of rotatable bonds is 3. The molecule has 0 heterocycles. The van der Waals surface area contributed by atoms with Crippen molar-refractivity contribution in [1.82, 2.24) is 0 Å². The summed E-state index contributed by atoms with van der Waals surface area (Å²) in [4.78, 5) is 0. The summed E-state index contributed by atoms with van der Waals surface area (Å²) in [5.41, 5.74) is 0.478. The Morgan fingerprint density at radius 1 is 1.33 bits per heavy atom. The number of hydrogen-bond donors (Lipinski definition) is 2. The molecule has 0 aliphatic heterocycles. The molecule has 0 aromatic heterocycles. The summed E-state index contributed by atoms with van der Waals surface area (Å²) < 4.78 is 0. The Bertz CT molecular complexity index is 225. The molecule has 0 saturated heterocycles. The van der Waals surface area contributed by atoms with Crippen LogP contribution in [-0.4, -0.2) is 16.7 Å². The quantitative estimate of drug-likeness (QED) is 0.558. The Morgan fingerprint density at radius 2 is 1.92 bits per heavy atom. The first kappa shape index (κ1) is 9.36. The van der Waals surface area contributed by atoms with Crippen LogP contribution >= 0.6 is 11.6 Å². The van der Waals surface area contributed by atoms with Gasteiger partial charge < -0.3 is 10.4 Å². The van der Waals surface area contributed by atoms with Crippen LogP contribution in [0.15, 0.2) is 30.3 Å². The lowest BCUT2D eigenvalue weighted by atomic mass is 10.3. The second-order valence-electron chi connectivity index (χ2n) is 2.65. The zero-order valence-corrected chi connectivity index (χ0v) is 7.62. The summed E-state index contributed by atoms with van der Waals surface area (Å²) in [5.74, 6) is 0. The second-order valence-corrected chi connectivity index (χ2v) is 3.12. The third kappa shape index (κ3) is 2.72. The van der Waals surface area contributed by atoms with Crippen LogP contribution in [0, 0.1) is 0 Å². The average Bonchev–Trinajstić information content (AvgIpc) is 2.06. The Balaban J connectivity index is 2.53. The SMILES string of the molecule is CC(O)C(Cl)Nc1ccccc1. The fourth-order valence-corrected chi connectivity index (χ4v) is 0.940. The minimum absolute atomic E-state index is 0.438. The summed E-state index contributed by atoms with van der Waals surface area (Å²) in [6.45, 7) is 1.65. The van der Waals surface area contributed by atoms with Gasteiger partial charge in [-0.25, -0.2) is 0 Å². The van der Waals surface area contributed by atoms with Crippen molar-refractivity contribution in [3.8, 4) is 0 Å². The normalized spacial score (nSPS) is 15.2.